The summed E-state index contributed by atoms with van der Waals surface area (Å²) in [6.45, 7) is 3.92. The minimum absolute atomic E-state index is 0.0764. The first kappa shape index (κ1) is 18.6. The molecule has 0 unspecified atom stereocenters. The van der Waals surface area contributed by atoms with Gasteiger partial charge in [-0.3, -0.25) is 19.3 Å². The molecule has 2 aromatic rings. The number of imide groups is 1. The van der Waals surface area contributed by atoms with Gasteiger partial charge in [0.15, 0.2) is 0 Å². The first-order valence-corrected chi connectivity index (χ1v) is 11.0. The number of allylic oxidation sites excluding steroid dienone is 2. The van der Waals surface area contributed by atoms with Crippen molar-refractivity contribution < 1.29 is 14.4 Å². The molecule has 2 saturated carbocycles. The van der Waals surface area contributed by atoms with E-state index in [-0.39, 0.29) is 41.4 Å². The van der Waals surface area contributed by atoms with Gasteiger partial charge >= 0.3 is 0 Å². The van der Waals surface area contributed by atoms with E-state index in [0.717, 1.165) is 23.2 Å². The molecule has 0 spiro atoms. The molecule has 156 valence electrons. The molecular weight excluding hydrogens is 388 g/mol. The standard InChI is InChI=1S/C26H24N2O3/c1-13-4-3-5-14(2)23(13)27-24(29)15-6-8-16(9-7-15)28-25(30)21-17-10-11-18(20-12-19(17)20)22(21)26(28)31/h3-11,17-22H,12H2,1-2H3,(H,27,29)/t17-,18-,19-,20-,21+,22+/m0/s1. The predicted octanol–water partition coefficient (Wildman–Crippen LogP) is 4.11. The van der Waals surface area contributed by atoms with Crippen LogP contribution in [0.5, 0.6) is 0 Å². The van der Waals surface area contributed by atoms with Crippen molar-refractivity contribution >= 4 is 29.1 Å². The lowest BCUT2D eigenvalue weighted by Gasteiger charge is -2.37. The first-order chi connectivity index (χ1) is 15.0. The monoisotopic (exact) mass is 412 g/mol. The average Bonchev–Trinajstić information content (AvgIpc) is 3.54. The van der Waals surface area contributed by atoms with Crippen molar-refractivity contribution in [2.75, 3.05) is 10.2 Å². The van der Waals surface area contributed by atoms with Crippen LogP contribution in [-0.2, 0) is 9.59 Å². The van der Waals surface area contributed by atoms with E-state index in [1.807, 2.05) is 32.0 Å². The lowest BCUT2D eigenvalue weighted by Crippen LogP contribution is -2.40. The Morgan fingerprint density at radius 3 is 1.97 bits per heavy atom. The Labute approximate surface area is 181 Å². The van der Waals surface area contributed by atoms with Crippen LogP contribution < -0.4 is 10.2 Å². The Morgan fingerprint density at radius 2 is 1.42 bits per heavy atom. The van der Waals surface area contributed by atoms with Crippen LogP contribution >= 0.6 is 0 Å². The third-order valence-electron chi connectivity index (χ3n) is 7.77. The van der Waals surface area contributed by atoms with Gasteiger partial charge in [-0.25, -0.2) is 0 Å². The maximum Gasteiger partial charge on any atom is 0.255 e. The van der Waals surface area contributed by atoms with Crippen molar-refractivity contribution in [1.29, 1.82) is 0 Å². The molecule has 2 bridgehead atoms. The molecule has 5 heteroatoms. The minimum Gasteiger partial charge on any atom is -0.322 e. The smallest absolute Gasteiger partial charge is 0.255 e. The number of nitrogens with zero attached hydrogens (tertiary/aromatic N) is 1. The van der Waals surface area contributed by atoms with Crippen molar-refractivity contribution in [3.05, 3.63) is 71.3 Å². The zero-order valence-electron chi connectivity index (χ0n) is 17.5. The van der Waals surface area contributed by atoms with E-state index in [0.29, 0.717) is 23.1 Å². The van der Waals surface area contributed by atoms with E-state index in [1.165, 1.54) is 4.90 Å². The van der Waals surface area contributed by atoms with Crippen LogP contribution in [0.1, 0.15) is 27.9 Å². The molecule has 1 saturated heterocycles. The summed E-state index contributed by atoms with van der Waals surface area (Å²) in [5.41, 5.74) is 3.86. The summed E-state index contributed by atoms with van der Waals surface area (Å²) in [6.07, 6.45) is 5.51. The number of nitrogens with one attached hydrogen (secondary N) is 1. The Morgan fingerprint density at radius 1 is 0.871 bits per heavy atom. The maximum atomic E-state index is 13.2. The summed E-state index contributed by atoms with van der Waals surface area (Å²) in [6, 6.07) is 12.7. The van der Waals surface area contributed by atoms with Gasteiger partial charge in [-0.1, -0.05) is 30.4 Å². The number of para-hydroxylation sites is 1. The molecular formula is C26H24N2O3. The van der Waals surface area contributed by atoms with Crippen LogP contribution in [0.4, 0.5) is 11.4 Å². The predicted molar refractivity (Wildman–Crippen MR) is 118 cm³/mol. The third-order valence-corrected chi connectivity index (χ3v) is 7.77. The number of carbonyl (C=O) groups is 3. The largest absolute Gasteiger partial charge is 0.322 e. The molecule has 4 aliphatic carbocycles. The van der Waals surface area contributed by atoms with Crippen LogP contribution in [0.25, 0.3) is 0 Å². The van der Waals surface area contributed by atoms with Crippen molar-refractivity contribution in [3.63, 3.8) is 0 Å². The SMILES string of the molecule is Cc1cccc(C)c1NC(=O)c1ccc(N2C(=O)[C@@H]3[C@H]4C=C[C@@H]([C@@H]5C[C@@H]45)[C@H]3C2=O)cc1. The highest BCUT2D eigenvalue weighted by Gasteiger charge is 2.67. The fraction of sp³-hybridized carbons (Fsp3) is 0.346. The van der Waals surface area contributed by atoms with Gasteiger partial charge in [0.1, 0.15) is 0 Å². The normalized spacial score (nSPS) is 32.1. The Hall–Kier alpha value is -3.21. The van der Waals surface area contributed by atoms with Crippen molar-refractivity contribution in [2.45, 2.75) is 20.3 Å². The molecule has 5 aliphatic rings. The summed E-state index contributed by atoms with van der Waals surface area (Å²) >= 11 is 0. The van der Waals surface area contributed by atoms with Crippen LogP contribution in [0.3, 0.4) is 0 Å². The van der Waals surface area contributed by atoms with E-state index in [4.69, 9.17) is 0 Å². The van der Waals surface area contributed by atoms with Gasteiger partial charge in [0.25, 0.3) is 5.91 Å². The minimum atomic E-state index is -0.210. The molecule has 31 heavy (non-hydrogen) atoms. The summed E-state index contributed by atoms with van der Waals surface area (Å²) in [7, 11) is 0. The second kappa shape index (κ2) is 6.39. The number of anilines is 2. The van der Waals surface area contributed by atoms with Crippen LogP contribution in [0.2, 0.25) is 0 Å². The van der Waals surface area contributed by atoms with E-state index < -0.39 is 0 Å². The average molecular weight is 412 g/mol. The number of aryl methyl sites for hydroxylation is 2. The molecule has 7 rings (SSSR count). The van der Waals surface area contributed by atoms with Gasteiger partial charge in [-0.15, -0.1) is 0 Å². The van der Waals surface area contributed by atoms with Gasteiger partial charge in [0, 0.05) is 11.3 Å². The number of rotatable bonds is 3. The number of hydrogen-bond acceptors (Lipinski definition) is 3. The Bertz CT molecular complexity index is 1110. The second-order valence-corrected chi connectivity index (χ2v) is 9.43. The summed E-state index contributed by atoms with van der Waals surface area (Å²) in [5.74, 6) is 0.816. The van der Waals surface area contributed by atoms with Gasteiger partial charge in [0.05, 0.1) is 17.5 Å². The number of hydrogen-bond donors (Lipinski definition) is 1. The molecule has 1 N–H and O–H groups in total. The molecule has 0 aromatic heterocycles. The second-order valence-electron chi connectivity index (χ2n) is 9.43. The molecule has 3 amide bonds. The molecule has 2 aromatic carbocycles. The quantitative estimate of drug-likeness (QED) is 0.609. The van der Waals surface area contributed by atoms with Gasteiger partial charge < -0.3 is 5.32 Å². The Balaban J connectivity index is 1.24. The number of carbonyl (C=O) groups excluding carboxylic acids is 3. The van der Waals surface area contributed by atoms with Crippen LogP contribution in [-0.4, -0.2) is 17.7 Å². The topological polar surface area (TPSA) is 66.5 Å². The molecule has 6 atom stereocenters. The zero-order chi connectivity index (χ0) is 21.4. The lowest BCUT2D eigenvalue weighted by molar-refractivity contribution is -0.124. The maximum absolute atomic E-state index is 13.2. The highest BCUT2D eigenvalue weighted by molar-refractivity contribution is 6.22. The molecule has 1 heterocycles. The summed E-state index contributed by atoms with van der Waals surface area (Å²) in [5, 5.41) is 2.98. The summed E-state index contributed by atoms with van der Waals surface area (Å²) < 4.78 is 0. The number of amides is 3. The van der Waals surface area contributed by atoms with Gasteiger partial charge in [0.2, 0.25) is 11.8 Å². The van der Waals surface area contributed by atoms with E-state index in [2.05, 4.69) is 17.5 Å². The molecule has 3 fully saturated rings. The highest BCUT2D eigenvalue weighted by atomic mass is 16.2. The van der Waals surface area contributed by atoms with Crippen molar-refractivity contribution in [2.24, 2.45) is 35.5 Å². The molecule has 1 aliphatic heterocycles. The fourth-order valence-electron chi connectivity index (χ4n) is 6.17. The molecule has 5 nitrogen and oxygen atoms in total. The fourth-order valence-corrected chi connectivity index (χ4v) is 6.17. The van der Waals surface area contributed by atoms with Crippen LogP contribution in [0.15, 0.2) is 54.6 Å². The number of benzene rings is 2. The van der Waals surface area contributed by atoms with Gasteiger partial charge in [-0.05, 0) is 79.3 Å². The zero-order valence-corrected chi connectivity index (χ0v) is 17.5. The highest BCUT2D eigenvalue weighted by Crippen LogP contribution is 2.65. The van der Waals surface area contributed by atoms with Crippen molar-refractivity contribution in [3.8, 4) is 0 Å². The van der Waals surface area contributed by atoms with Crippen molar-refractivity contribution in [1.82, 2.24) is 0 Å². The lowest BCUT2D eigenvalue weighted by atomic mass is 9.63. The van der Waals surface area contributed by atoms with E-state index >= 15 is 0 Å². The van der Waals surface area contributed by atoms with E-state index in [1.54, 1.807) is 24.3 Å². The Kier molecular flexibility index (Phi) is 3.83. The van der Waals surface area contributed by atoms with Gasteiger partial charge in [-0.2, -0.15) is 0 Å². The first-order valence-electron chi connectivity index (χ1n) is 11.0. The summed E-state index contributed by atoms with van der Waals surface area (Å²) in [4.78, 5) is 40.6. The molecule has 0 radical (unpaired) electrons. The van der Waals surface area contributed by atoms with Crippen LogP contribution in [0, 0.1) is 49.4 Å². The third kappa shape index (κ3) is 2.59. The van der Waals surface area contributed by atoms with E-state index in [9.17, 15) is 14.4 Å².